The zero-order chi connectivity index (χ0) is 19.1. The summed E-state index contributed by atoms with van der Waals surface area (Å²) in [7, 11) is 0. The topological polar surface area (TPSA) is 72.3 Å². The lowest BCUT2D eigenvalue weighted by Gasteiger charge is -2.04. The molecule has 0 atom stereocenters. The third-order valence-electron chi connectivity index (χ3n) is 5.49. The first-order chi connectivity index (χ1) is 12.8. The summed E-state index contributed by atoms with van der Waals surface area (Å²) < 4.78 is 0. The van der Waals surface area contributed by atoms with Gasteiger partial charge >= 0.3 is 5.97 Å². The molecule has 0 amide bonds. The number of unbranched alkanes of at least 4 members (excludes halogenated alkanes) is 20. The van der Waals surface area contributed by atoms with Crippen LogP contribution in [0.1, 0.15) is 156 Å². The van der Waals surface area contributed by atoms with Gasteiger partial charge in [0.2, 0.25) is 0 Å². The van der Waals surface area contributed by atoms with Gasteiger partial charge in [0.1, 0.15) is 0 Å². The molecule has 0 fully saturated rings. The highest BCUT2D eigenvalue weighted by molar-refractivity contribution is 5.66. The Hall–Kier alpha value is -0.570. The van der Waals surface area contributed by atoms with Crippen LogP contribution in [0.5, 0.6) is 0 Å². The molecular weight excluding hydrogens is 346 g/mol. The summed E-state index contributed by atoms with van der Waals surface area (Å²) >= 11 is 0. The molecule has 0 aromatic carbocycles. The van der Waals surface area contributed by atoms with Crippen LogP contribution in [0.25, 0.3) is 0 Å². The Morgan fingerprint density at radius 2 is 0.714 bits per heavy atom. The molecule has 0 bridgehead atoms. The lowest BCUT2D eigenvalue weighted by atomic mass is 10.0. The first-order valence-electron chi connectivity index (χ1n) is 12.0. The number of hydrogen-bond acceptors (Lipinski definition) is 2. The van der Waals surface area contributed by atoms with E-state index in [0.717, 1.165) is 12.8 Å². The van der Waals surface area contributed by atoms with Crippen molar-refractivity contribution >= 4 is 5.97 Å². The zero-order valence-electron chi connectivity index (χ0n) is 18.6. The van der Waals surface area contributed by atoms with Crippen molar-refractivity contribution in [3.63, 3.8) is 0 Å². The van der Waals surface area contributed by atoms with E-state index in [9.17, 15) is 4.79 Å². The number of rotatable bonds is 22. The summed E-state index contributed by atoms with van der Waals surface area (Å²) in [6.45, 7) is 2.29. The maximum atomic E-state index is 10.4. The van der Waals surface area contributed by atoms with E-state index in [2.05, 4.69) is 6.92 Å². The van der Waals surface area contributed by atoms with Crippen LogP contribution in [0, 0.1) is 0 Å². The Morgan fingerprint density at radius 3 is 0.929 bits per heavy atom. The molecule has 28 heavy (non-hydrogen) atoms. The molecule has 3 nitrogen and oxygen atoms in total. The molecule has 0 aromatic heterocycles. The fraction of sp³-hybridized carbons (Fsp3) is 0.960. The minimum Gasteiger partial charge on any atom is -0.481 e. The van der Waals surface area contributed by atoms with Crippen molar-refractivity contribution < 1.29 is 9.90 Å². The molecule has 0 radical (unpaired) electrons. The van der Waals surface area contributed by atoms with Crippen LogP contribution in [0.15, 0.2) is 0 Å². The molecule has 0 unspecified atom stereocenters. The van der Waals surface area contributed by atoms with Crippen molar-refractivity contribution in [1.82, 2.24) is 6.15 Å². The summed E-state index contributed by atoms with van der Waals surface area (Å²) in [5.74, 6) is -0.650. The molecule has 172 valence electrons. The second-order valence-electron chi connectivity index (χ2n) is 8.21. The monoisotopic (exact) mass is 401 g/mol. The van der Waals surface area contributed by atoms with E-state index in [0.29, 0.717) is 6.42 Å². The molecule has 0 aromatic rings. The van der Waals surface area contributed by atoms with Crippen LogP contribution in [0.4, 0.5) is 0 Å². The predicted octanol–water partition coefficient (Wildman–Crippen LogP) is 9.47. The lowest BCUT2D eigenvalue weighted by molar-refractivity contribution is -0.137. The van der Waals surface area contributed by atoms with Crippen LogP contribution >= 0.6 is 0 Å². The highest BCUT2D eigenvalue weighted by Gasteiger charge is 1.97. The van der Waals surface area contributed by atoms with Crippen molar-refractivity contribution in [3.05, 3.63) is 0 Å². The zero-order valence-corrected chi connectivity index (χ0v) is 18.6. The number of aliphatic carboxylic acids is 1. The Bertz CT molecular complexity index is 282. The maximum Gasteiger partial charge on any atom is 0.303 e. The third kappa shape index (κ3) is 30.2. The van der Waals surface area contributed by atoms with Gasteiger partial charge in [0.05, 0.1) is 0 Å². The van der Waals surface area contributed by atoms with Crippen molar-refractivity contribution in [1.29, 1.82) is 0 Å². The van der Waals surface area contributed by atoms with Gasteiger partial charge in [0, 0.05) is 6.42 Å². The molecule has 0 saturated carbocycles. The summed E-state index contributed by atoms with van der Waals surface area (Å²) in [5.41, 5.74) is 0. The second-order valence-corrected chi connectivity index (χ2v) is 8.21. The fourth-order valence-corrected chi connectivity index (χ4v) is 3.71. The van der Waals surface area contributed by atoms with Crippen LogP contribution < -0.4 is 6.15 Å². The quantitative estimate of drug-likeness (QED) is 0.177. The maximum absolute atomic E-state index is 10.4. The van der Waals surface area contributed by atoms with E-state index < -0.39 is 5.97 Å². The Morgan fingerprint density at radius 1 is 0.500 bits per heavy atom. The second kappa shape index (κ2) is 28.6. The molecule has 0 heterocycles. The average molecular weight is 402 g/mol. The molecule has 0 aliphatic heterocycles. The van der Waals surface area contributed by atoms with Gasteiger partial charge in [-0.1, -0.05) is 143 Å². The molecule has 0 aliphatic rings. The Labute approximate surface area is 178 Å². The van der Waals surface area contributed by atoms with Gasteiger partial charge in [-0.3, -0.25) is 4.79 Å². The van der Waals surface area contributed by atoms with E-state index in [1.807, 2.05) is 0 Å². The lowest BCUT2D eigenvalue weighted by Crippen LogP contribution is -1.93. The highest BCUT2D eigenvalue weighted by atomic mass is 16.4. The van der Waals surface area contributed by atoms with Gasteiger partial charge in [-0.25, -0.2) is 0 Å². The Balaban J connectivity index is -0.00000312. The van der Waals surface area contributed by atoms with Gasteiger partial charge in [-0.05, 0) is 6.42 Å². The number of carbonyl (C=O) groups is 1. The fourth-order valence-electron chi connectivity index (χ4n) is 3.71. The van der Waals surface area contributed by atoms with Crippen LogP contribution in [-0.4, -0.2) is 11.1 Å². The smallest absolute Gasteiger partial charge is 0.303 e. The van der Waals surface area contributed by atoms with E-state index in [1.54, 1.807) is 0 Å². The number of hydrogen-bond donors (Lipinski definition) is 2. The van der Waals surface area contributed by atoms with Crippen molar-refractivity contribution in [2.45, 2.75) is 156 Å². The van der Waals surface area contributed by atoms with Crippen molar-refractivity contribution in [2.24, 2.45) is 0 Å². The third-order valence-corrected chi connectivity index (χ3v) is 5.49. The van der Waals surface area contributed by atoms with Crippen LogP contribution in [-0.2, 0) is 4.79 Å². The van der Waals surface area contributed by atoms with E-state index in [-0.39, 0.29) is 13.6 Å². The average Bonchev–Trinajstić information content (AvgIpc) is 2.62. The molecule has 0 rings (SSSR count). The van der Waals surface area contributed by atoms with E-state index >= 15 is 0 Å². The first kappa shape index (κ1) is 32.1. The van der Waals surface area contributed by atoms with Crippen LogP contribution in [0.3, 0.4) is 0 Å². The molecule has 0 saturated heterocycles. The van der Waals surface area contributed by atoms with Gasteiger partial charge < -0.3 is 11.3 Å². The molecule has 3 heteroatoms. The standard InChI is InChI=1S/C24H48O2.CH4.H3N/c1-2-3-4-5-6-7-8-9-10-11-12-13-14-15-16-17-18-19-20-21-22-23-24(25)26;;/h2-23H2,1H3,(H,25,26);1H4;1H3. The SMILES string of the molecule is C.CCCCCCCCCCCCCCCCCCCCCCCC(=O)O.N. The molecular formula is C25H55NO2. The van der Waals surface area contributed by atoms with Gasteiger partial charge in [0.25, 0.3) is 0 Å². The van der Waals surface area contributed by atoms with Gasteiger partial charge in [-0.2, -0.15) is 0 Å². The summed E-state index contributed by atoms with van der Waals surface area (Å²) in [6.07, 6.45) is 29.1. The first-order valence-corrected chi connectivity index (χ1v) is 12.0. The summed E-state index contributed by atoms with van der Waals surface area (Å²) in [4.78, 5) is 10.4. The van der Waals surface area contributed by atoms with Crippen molar-refractivity contribution in [2.75, 3.05) is 0 Å². The minimum absolute atomic E-state index is 0. The van der Waals surface area contributed by atoms with E-state index in [1.165, 1.54) is 122 Å². The molecule has 4 N–H and O–H groups in total. The molecule has 0 aliphatic carbocycles. The van der Waals surface area contributed by atoms with Crippen LogP contribution in [0.2, 0.25) is 0 Å². The van der Waals surface area contributed by atoms with Crippen molar-refractivity contribution in [3.8, 4) is 0 Å². The van der Waals surface area contributed by atoms with Gasteiger partial charge in [0.15, 0.2) is 0 Å². The number of carboxylic acids is 1. The van der Waals surface area contributed by atoms with Gasteiger partial charge in [-0.15, -0.1) is 0 Å². The predicted molar refractivity (Wildman–Crippen MR) is 127 cm³/mol. The minimum atomic E-state index is -0.650. The summed E-state index contributed by atoms with van der Waals surface area (Å²) in [5, 5.41) is 8.57. The summed E-state index contributed by atoms with van der Waals surface area (Å²) in [6, 6.07) is 0. The Kier molecular flexibility index (Phi) is 32.8. The van der Waals surface area contributed by atoms with E-state index in [4.69, 9.17) is 5.11 Å². The normalized spacial score (nSPS) is 10.3. The molecule has 0 spiro atoms. The highest BCUT2D eigenvalue weighted by Crippen LogP contribution is 2.15. The largest absolute Gasteiger partial charge is 0.481 e. The number of carboxylic acid groups (broad SMARTS) is 1.